The third-order valence-corrected chi connectivity index (χ3v) is 4.76. The normalized spacial score (nSPS) is 13.2. The lowest BCUT2D eigenvalue weighted by Gasteiger charge is -2.25. The van der Waals surface area contributed by atoms with E-state index >= 15 is 0 Å². The van der Waals surface area contributed by atoms with E-state index in [1.807, 2.05) is 27.7 Å². The summed E-state index contributed by atoms with van der Waals surface area (Å²) in [5, 5.41) is 9.32. The number of hydrogen-bond donors (Lipinski definition) is 1. The maximum Gasteiger partial charge on any atom is 0.244 e. The van der Waals surface area contributed by atoms with Crippen LogP contribution in [-0.4, -0.2) is 36.0 Å². The number of aryl methyl sites for hydroxylation is 1. The number of aliphatic hydroxyl groups is 1. The highest BCUT2D eigenvalue weighted by molar-refractivity contribution is 7.89. The molecule has 0 unspecified atom stereocenters. The van der Waals surface area contributed by atoms with Gasteiger partial charge >= 0.3 is 0 Å². The maximum absolute atomic E-state index is 12.5. The Hall–Kier alpha value is -0.850. The van der Waals surface area contributed by atoms with Crippen LogP contribution in [0, 0.1) is 5.41 Å². The summed E-state index contributed by atoms with van der Waals surface area (Å²) in [5.74, 6) is 0. The minimum atomic E-state index is -3.50. The quantitative estimate of drug-likeness (QED) is 0.875. The predicted molar refractivity (Wildman–Crippen MR) is 79.9 cm³/mol. The van der Waals surface area contributed by atoms with E-state index in [0.29, 0.717) is 18.8 Å². The van der Waals surface area contributed by atoms with Crippen molar-refractivity contribution in [2.75, 3.05) is 13.6 Å². The number of rotatable bonds is 6. The Morgan fingerprint density at radius 1 is 1.35 bits per heavy atom. The molecule has 0 atom stereocenters. The van der Waals surface area contributed by atoms with Crippen molar-refractivity contribution in [3.63, 3.8) is 0 Å². The van der Waals surface area contributed by atoms with Crippen molar-refractivity contribution in [3.05, 3.63) is 18.0 Å². The van der Waals surface area contributed by atoms with Crippen molar-refractivity contribution in [1.29, 1.82) is 0 Å². The van der Waals surface area contributed by atoms with Gasteiger partial charge in [0.2, 0.25) is 10.0 Å². The Balaban J connectivity index is 3.09. The van der Waals surface area contributed by atoms with Crippen LogP contribution in [0.1, 0.15) is 39.8 Å². The third kappa shape index (κ3) is 4.07. The summed E-state index contributed by atoms with van der Waals surface area (Å²) >= 11 is 0. The van der Waals surface area contributed by atoms with Crippen LogP contribution in [0.4, 0.5) is 0 Å². The summed E-state index contributed by atoms with van der Waals surface area (Å²) in [6.45, 7) is 9.01. The zero-order valence-corrected chi connectivity index (χ0v) is 13.9. The zero-order valence-electron chi connectivity index (χ0n) is 13.0. The topological polar surface area (TPSA) is 62.5 Å². The molecule has 1 aromatic rings. The first kappa shape index (κ1) is 17.2. The fourth-order valence-electron chi connectivity index (χ4n) is 2.18. The fraction of sp³-hybridized carbons (Fsp3) is 0.714. The van der Waals surface area contributed by atoms with Gasteiger partial charge in [0, 0.05) is 32.0 Å². The van der Waals surface area contributed by atoms with E-state index in [0.717, 1.165) is 6.42 Å². The second-order valence-electron chi connectivity index (χ2n) is 6.34. The van der Waals surface area contributed by atoms with Gasteiger partial charge in [-0.25, -0.2) is 12.7 Å². The molecule has 0 aliphatic carbocycles. The van der Waals surface area contributed by atoms with Gasteiger partial charge in [-0.3, -0.25) is 0 Å². The largest absolute Gasteiger partial charge is 0.390 e. The van der Waals surface area contributed by atoms with Crippen molar-refractivity contribution in [1.82, 2.24) is 8.87 Å². The lowest BCUT2D eigenvalue weighted by atomic mass is 9.97. The molecule has 6 heteroatoms. The van der Waals surface area contributed by atoms with Gasteiger partial charge in [0.1, 0.15) is 4.90 Å². The maximum atomic E-state index is 12.5. The lowest BCUT2D eigenvalue weighted by molar-refractivity contribution is 0.270. The van der Waals surface area contributed by atoms with Crippen LogP contribution in [0.3, 0.4) is 0 Å². The summed E-state index contributed by atoms with van der Waals surface area (Å²) < 4.78 is 28.2. The summed E-state index contributed by atoms with van der Waals surface area (Å²) in [6, 6.07) is 1.56. The molecule has 1 rings (SSSR count). The molecule has 0 aliphatic rings. The fourth-order valence-corrected chi connectivity index (χ4v) is 3.64. The minimum absolute atomic E-state index is 0.104. The minimum Gasteiger partial charge on any atom is -0.390 e. The van der Waals surface area contributed by atoms with E-state index in [9.17, 15) is 13.5 Å². The van der Waals surface area contributed by atoms with Crippen molar-refractivity contribution in [2.45, 2.75) is 52.2 Å². The lowest BCUT2D eigenvalue weighted by Crippen LogP contribution is -2.34. The van der Waals surface area contributed by atoms with Crippen LogP contribution >= 0.6 is 0 Å². The van der Waals surface area contributed by atoms with E-state index < -0.39 is 10.0 Å². The molecule has 0 radical (unpaired) electrons. The molecule has 0 aromatic carbocycles. The molecule has 20 heavy (non-hydrogen) atoms. The van der Waals surface area contributed by atoms with Gasteiger partial charge in [0.25, 0.3) is 0 Å². The molecule has 0 amide bonds. The van der Waals surface area contributed by atoms with E-state index in [-0.39, 0.29) is 16.9 Å². The van der Waals surface area contributed by atoms with E-state index in [1.165, 1.54) is 4.31 Å². The Kier molecular flexibility index (Phi) is 5.40. The number of sulfonamides is 1. The standard InChI is InChI=1S/C14H26N2O3S/c1-6-7-16-9-13(8-12(16)10-17)20(18,19)15(5)11-14(2,3)4/h8-9,17H,6-7,10-11H2,1-5H3. The molecule has 0 bridgehead atoms. The van der Waals surface area contributed by atoms with Crippen molar-refractivity contribution in [3.8, 4) is 0 Å². The van der Waals surface area contributed by atoms with Crippen molar-refractivity contribution < 1.29 is 13.5 Å². The Morgan fingerprint density at radius 3 is 2.40 bits per heavy atom. The predicted octanol–water partition coefficient (Wildman–Crippen LogP) is 2.06. The Bertz CT molecular complexity index is 541. The summed E-state index contributed by atoms with van der Waals surface area (Å²) in [5.41, 5.74) is 0.530. The molecule has 0 fully saturated rings. The van der Waals surface area contributed by atoms with Gasteiger partial charge in [0.05, 0.1) is 6.61 Å². The highest BCUT2D eigenvalue weighted by Gasteiger charge is 2.26. The van der Waals surface area contributed by atoms with Crippen molar-refractivity contribution >= 4 is 10.0 Å². The van der Waals surface area contributed by atoms with E-state index in [1.54, 1.807) is 23.9 Å². The average molecular weight is 302 g/mol. The molecule has 0 spiro atoms. The van der Waals surface area contributed by atoms with Gasteiger partial charge in [-0.15, -0.1) is 0 Å². The van der Waals surface area contributed by atoms with Gasteiger partial charge in [-0.2, -0.15) is 0 Å². The van der Waals surface area contributed by atoms with Crippen LogP contribution in [0.15, 0.2) is 17.2 Å². The molecule has 0 saturated heterocycles. The van der Waals surface area contributed by atoms with Crippen molar-refractivity contribution in [2.24, 2.45) is 5.41 Å². The molecule has 1 N–H and O–H groups in total. The first-order valence-electron chi connectivity index (χ1n) is 6.88. The highest BCUT2D eigenvalue weighted by Crippen LogP contribution is 2.22. The van der Waals surface area contributed by atoms with Crippen LogP contribution in [0.5, 0.6) is 0 Å². The molecule has 0 saturated carbocycles. The van der Waals surface area contributed by atoms with Crippen LogP contribution in [0.25, 0.3) is 0 Å². The van der Waals surface area contributed by atoms with E-state index in [4.69, 9.17) is 0 Å². The SMILES string of the molecule is CCCn1cc(S(=O)(=O)N(C)CC(C)(C)C)cc1CO. The molecule has 116 valence electrons. The number of nitrogens with zero attached hydrogens (tertiary/aromatic N) is 2. The van der Waals surface area contributed by atoms with E-state index in [2.05, 4.69) is 0 Å². The van der Waals surface area contributed by atoms with Gasteiger partial charge in [-0.05, 0) is 17.9 Å². The number of aliphatic hydroxyl groups excluding tert-OH is 1. The molecule has 1 heterocycles. The van der Waals surface area contributed by atoms with Gasteiger partial charge < -0.3 is 9.67 Å². The molecule has 0 aliphatic heterocycles. The molecular weight excluding hydrogens is 276 g/mol. The zero-order chi connectivity index (χ0) is 15.6. The molecule has 5 nitrogen and oxygen atoms in total. The monoisotopic (exact) mass is 302 g/mol. The highest BCUT2D eigenvalue weighted by atomic mass is 32.2. The average Bonchev–Trinajstić information content (AvgIpc) is 2.71. The van der Waals surface area contributed by atoms with Crippen LogP contribution in [-0.2, 0) is 23.2 Å². The third-order valence-electron chi connectivity index (χ3n) is 2.99. The van der Waals surface area contributed by atoms with Gasteiger partial charge in [0.15, 0.2) is 0 Å². The Morgan fingerprint density at radius 2 is 1.95 bits per heavy atom. The number of aromatic nitrogens is 1. The Labute approximate surface area is 122 Å². The van der Waals surface area contributed by atoms with Crippen LogP contribution < -0.4 is 0 Å². The summed E-state index contributed by atoms with van der Waals surface area (Å²) in [4.78, 5) is 0.252. The number of hydrogen-bond acceptors (Lipinski definition) is 3. The second kappa shape index (κ2) is 6.28. The van der Waals surface area contributed by atoms with Crippen LogP contribution in [0.2, 0.25) is 0 Å². The summed E-state index contributed by atoms with van der Waals surface area (Å²) in [6.07, 6.45) is 2.50. The molecule has 1 aromatic heterocycles. The smallest absolute Gasteiger partial charge is 0.244 e. The first-order chi connectivity index (χ1) is 9.11. The molecular formula is C14H26N2O3S. The van der Waals surface area contributed by atoms with Gasteiger partial charge in [-0.1, -0.05) is 27.7 Å². The summed E-state index contributed by atoms with van der Waals surface area (Å²) in [7, 11) is -1.91. The first-order valence-corrected chi connectivity index (χ1v) is 8.32. The second-order valence-corrected chi connectivity index (χ2v) is 8.39.